The average molecular weight is 284 g/mol. The molecule has 3 unspecified atom stereocenters. The SMILES string of the molecule is CCCC1CCC(N)C(Cc2c(F)cccc2Cl)C1. The van der Waals surface area contributed by atoms with E-state index in [0.717, 1.165) is 18.8 Å². The lowest BCUT2D eigenvalue weighted by molar-refractivity contribution is 0.220. The molecule has 0 radical (unpaired) electrons. The fraction of sp³-hybridized carbons (Fsp3) is 0.625. The van der Waals surface area contributed by atoms with Crippen LogP contribution in [-0.4, -0.2) is 6.04 Å². The molecule has 19 heavy (non-hydrogen) atoms. The summed E-state index contributed by atoms with van der Waals surface area (Å²) < 4.78 is 13.9. The Balaban J connectivity index is 2.08. The molecule has 1 saturated carbocycles. The monoisotopic (exact) mass is 283 g/mol. The largest absolute Gasteiger partial charge is 0.327 e. The molecule has 0 aliphatic heterocycles. The van der Waals surface area contributed by atoms with Crippen LogP contribution in [0.2, 0.25) is 5.02 Å². The van der Waals surface area contributed by atoms with E-state index < -0.39 is 0 Å². The minimum Gasteiger partial charge on any atom is -0.327 e. The van der Waals surface area contributed by atoms with Crippen molar-refractivity contribution in [2.75, 3.05) is 0 Å². The summed E-state index contributed by atoms with van der Waals surface area (Å²) in [6.07, 6.45) is 6.53. The Bertz CT molecular complexity index is 401. The second kappa shape index (κ2) is 6.71. The molecule has 2 rings (SSSR count). The normalized spacial score (nSPS) is 27.5. The number of hydrogen-bond donors (Lipinski definition) is 1. The van der Waals surface area contributed by atoms with Crippen molar-refractivity contribution in [3.8, 4) is 0 Å². The van der Waals surface area contributed by atoms with Crippen molar-refractivity contribution < 1.29 is 4.39 Å². The molecule has 1 aromatic rings. The molecule has 2 N–H and O–H groups in total. The van der Waals surface area contributed by atoms with Crippen LogP contribution in [-0.2, 0) is 6.42 Å². The van der Waals surface area contributed by atoms with Crippen molar-refractivity contribution in [3.63, 3.8) is 0 Å². The lowest BCUT2D eigenvalue weighted by Crippen LogP contribution is -2.37. The van der Waals surface area contributed by atoms with Gasteiger partial charge in [-0.3, -0.25) is 0 Å². The average Bonchev–Trinajstić information content (AvgIpc) is 2.38. The van der Waals surface area contributed by atoms with E-state index in [1.807, 2.05) is 0 Å². The van der Waals surface area contributed by atoms with E-state index in [1.54, 1.807) is 12.1 Å². The summed E-state index contributed by atoms with van der Waals surface area (Å²) in [5, 5.41) is 0.532. The van der Waals surface area contributed by atoms with Gasteiger partial charge in [0.2, 0.25) is 0 Å². The van der Waals surface area contributed by atoms with Crippen molar-refractivity contribution in [3.05, 3.63) is 34.6 Å². The number of halogens is 2. The van der Waals surface area contributed by atoms with Crippen molar-refractivity contribution in [1.29, 1.82) is 0 Å². The minimum atomic E-state index is -0.197. The Morgan fingerprint density at radius 3 is 2.84 bits per heavy atom. The number of nitrogens with two attached hydrogens (primary N) is 1. The van der Waals surface area contributed by atoms with E-state index in [1.165, 1.54) is 25.3 Å². The van der Waals surface area contributed by atoms with Gasteiger partial charge in [-0.1, -0.05) is 37.4 Å². The van der Waals surface area contributed by atoms with Crippen LogP contribution in [0, 0.1) is 17.7 Å². The minimum absolute atomic E-state index is 0.184. The third-order valence-electron chi connectivity index (χ3n) is 4.37. The summed E-state index contributed by atoms with van der Waals surface area (Å²) in [7, 11) is 0. The Labute approximate surface area is 120 Å². The summed E-state index contributed by atoms with van der Waals surface area (Å²) in [4.78, 5) is 0. The predicted molar refractivity (Wildman–Crippen MR) is 78.8 cm³/mol. The number of rotatable bonds is 4. The molecule has 3 atom stereocenters. The van der Waals surface area contributed by atoms with Gasteiger partial charge < -0.3 is 5.73 Å². The summed E-state index contributed by atoms with van der Waals surface area (Å²) in [6.45, 7) is 2.22. The molecule has 3 heteroatoms. The second-order valence-electron chi connectivity index (χ2n) is 5.80. The zero-order valence-corrected chi connectivity index (χ0v) is 12.3. The maximum absolute atomic E-state index is 13.9. The molecule has 0 aromatic heterocycles. The van der Waals surface area contributed by atoms with Crippen LogP contribution in [0.1, 0.15) is 44.6 Å². The molecule has 0 bridgehead atoms. The fourth-order valence-electron chi connectivity index (χ4n) is 3.28. The maximum Gasteiger partial charge on any atom is 0.127 e. The first-order valence-corrected chi connectivity index (χ1v) is 7.68. The Kier molecular flexibility index (Phi) is 5.23. The molecule has 1 nitrogen and oxygen atoms in total. The molecular weight excluding hydrogens is 261 g/mol. The van der Waals surface area contributed by atoms with Gasteiger partial charge in [-0.15, -0.1) is 0 Å². The van der Waals surface area contributed by atoms with Crippen molar-refractivity contribution in [1.82, 2.24) is 0 Å². The van der Waals surface area contributed by atoms with Crippen LogP contribution < -0.4 is 5.73 Å². The molecule has 0 saturated heterocycles. The first kappa shape index (κ1) is 14.8. The zero-order chi connectivity index (χ0) is 13.8. The van der Waals surface area contributed by atoms with Crippen LogP contribution in [0.25, 0.3) is 0 Å². The fourth-order valence-corrected chi connectivity index (χ4v) is 3.52. The van der Waals surface area contributed by atoms with Crippen LogP contribution in [0.5, 0.6) is 0 Å². The van der Waals surface area contributed by atoms with Gasteiger partial charge >= 0.3 is 0 Å². The van der Waals surface area contributed by atoms with Crippen LogP contribution in [0.4, 0.5) is 4.39 Å². The lowest BCUT2D eigenvalue weighted by atomic mass is 9.74. The zero-order valence-electron chi connectivity index (χ0n) is 11.5. The predicted octanol–water partition coefficient (Wildman–Crippen LogP) is 4.57. The quantitative estimate of drug-likeness (QED) is 0.861. The van der Waals surface area contributed by atoms with Gasteiger partial charge in [-0.05, 0) is 49.7 Å². The third-order valence-corrected chi connectivity index (χ3v) is 4.73. The van der Waals surface area contributed by atoms with Gasteiger partial charge in [0.25, 0.3) is 0 Å². The van der Waals surface area contributed by atoms with Gasteiger partial charge in [-0.2, -0.15) is 0 Å². The van der Waals surface area contributed by atoms with E-state index >= 15 is 0 Å². The van der Waals surface area contributed by atoms with Crippen molar-refractivity contribution >= 4 is 11.6 Å². The van der Waals surface area contributed by atoms with E-state index in [2.05, 4.69) is 6.92 Å². The van der Waals surface area contributed by atoms with E-state index in [9.17, 15) is 4.39 Å². The maximum atomic E-state index is 13.9. The molecule has 106 valence electrons. The summed E-state index contributed by atoms with van der Waals surface area (Å²) in [5.74, 6) is 0.914. The van der Waals surface area contributed by atoms with Crippen molar-refractivity contribution in [2.45, 2.75) is 51.5 Å². The molecule has 1 aromatic carbocycles. The highest BCUT2D eigenvalue weighted by Crippen LogP contribution is 2.35. The standard InChI is InChI=1S/C16H23ClFN/c1-2-4-11-7-8-16(19)12(9-11)10-13-14(17)5-3-6-15(13)18/h3,5-6,11-12,16H,2,4,7-10,19H2,1H3. The summed E-state index contributed by atoms with van der Waals surface area (Å²) >= 11 is 6.11. The molecule has 0 heterocycles. The van der Waals surface area contributed by atoms with E-state index in [-0.39, 0.29) is 11.9 Å². The number of hydrogen-bond acceptors (Lipinski definition) is 1. The highest BCUT2D eigenvalue weighted by Gasteiger charge is 2.28. The Morgan fingerprint density at radius 2 is 2.16 bits per heavy atom. The topological polar surface area (TPSA) is 26.0 Å². The summed E-state index contributed by atoms with van der Waals surface area (Å²) in [5.41, 5.74) is 6.86. The first-order valence-electron chi connectivity index (χ1n) is 7.30. The Morgan fingerprint density at radius 1 is 1.37 bits per heavy atom. The molecule has 1 aliphatic carbocycles. The van der Waals surface area contributed by atoms with Crippen molar-refractivity contribution in [2.24, 2.45) is 17.6 Å². The van der Waals surface area contributed by atoms with Crippen LogP contribution in [0.3, 0.4) is 0 Å². The highest BCUT2D eigenvalue weighted by molar-refractivity contribution is 6.31. The summed E-state index contributed by atoms with van der Waals surface area (Å²) in [6, 6.07) is 5.09. The van der Waals surface area contributed by atoms with Crippen LogP contribution >= 0.6 is 11.6 Å². The molecule has 1 fully saturated rings. The van der Waals surface area contributed by atoms with Gasteiger partial charge in [0.1, 0.15) is 5.82 Å². The molecule has 0 spiro atoms. The van der Waals surface area contributed by atoms with Gasteiger partial charge in [0, 0.05) is 16.6 Å². The Hall–Kier alpha value is -0.600. The van der Waals surface area contributed by atoms with Gasteiger partial charge in [0.05, 0.1) is 0 Å². The van der Waals surface area contributed by atoms with Gasteiger partial charge in [0.15, 0.2) is 0 Å². The second-order valence-corrected chi connectivity index (χ2v) is 6.20. The highest BCUT2D eigenvalue weighted by atomic mass is 35.5. The van der Waals surface area contributed by atoms with Crippen LogP contribution in [0.15, 0.2) is 18.2 Å². The smallest absolute Gasteiger partial charge is 0.127 e. The molecule has 1 aliphatic rings. The lowest BCUT2D eigenvalue weighted by Gasteiger charge is -2.34. The van der Waals surface area contributed by atoms with Gasteiger partial charge in [-0.25, -0.2) is 4.39 Å². The third kappa shape index (κ3) is 3.70. The molecular formula is C16H23ClFN. The number of benzene rings is 1. The first-order chi connectivity index (χ1) is 9.11. The van der Waals surface area contributed by atoms with E-state index in [0.29, 0.717) is 22.9 Å². The molecule has 0 amide bonds. The van der Waals surface area contributed by atoms with E-state index in [4.69, 9.17) is 17.3 Å².